The predicted molar refractivity (Wildman–Crippen MR) is 135 cm³/mol. The van der Waals surface area contributed by atoms with Crippen LogP contribution in [0, 0.1) is 0 Å². The van der Waals surface area contributed by atoms with Gasteiger partial charge >= 0.3 is 0 Å². The number of nitrogens with one attached hydrogen (secondary N) is 1. The molecule has 2 aromatic carbocycles. The van der Waals surface area contributed by atoms with Crippen molar-refractivity contribution in [2.45, 2.75) is 38.8 Å². The van der Waals surface area contributed by atoms with Gasteiger partial charge in [0.25, 0.3) is 0 Å². The third kappa shape index (κ3) is 4.17. The van der Waals surface area contributed by atoms with Gasteiger partial charge in [-0.15, -0.1) is 0 Å². The van der Waals surface area contributed by atoms with Crippen molar-refractivity contribution in [2.24, 2.45) is 0 Å². The lowest BCUT2D eigenvalue weighted by Gasteiger charge is -2.22. The van der Waals surface area contributed by atoms with E-state index in [0.717, 1.165) is 83.7 Å². The van der Waals surface area contributed by atoms with Crippen molar-refractivity contribution in [1.82, 2.24) is 24.8 Å². The number of benzene rings is 2. The summed E-state index contributed by atoms with van der Waals surface area (Å²) in [6.45, 7) is 5.94. The largest absolute Gasteiger partial charge is 0.507 e. The standard InChI is InChI=1S/C27H30N6O/c34-27-19(17-32-11-1-2-12-32)15-21(16-20(27)18-33-13-3-4-14-33)31-23-7-8-28-22-5-6-24-26(25(22)23)30-10-9-29-24/h5-10,15-16,34H,1-4,11-14,17-18H2,(H,28,31). The van der Waals surface area contributed by atoms with Crippen molar-refractivity contribution >= 4 is 33.3 Å². The van der Waals surface area contributed by atoms with E-state index in [-0.39, 0.29) is 0 Å². The highest BCUT2D eigenvalue weighted by atomic mass is 16.3. The second-order valence-electron chi connectivity index (χ2n) is 9.48. The van der Waals surface area contributed by atoms with Crippen LogP contribution in [0.1, 0.15) is 36.8 Å². The summed E-state index contributed by atoms with van der Waals surface area (Å²) in [5.74, 6) is 0.445. The molecule has 2 saturated heterocycles. The number of aromatic hydroxyl groups is 1. The Labute approximate surface area is 199 Å². The number of pyridine rings is 1. The van der Waals surface area contributed by atoms with Crippen molar-refractivity contribution in [3.63, 3.8) is 0 Å². The molecular weight excluding hydrogens is 424 g/mol. The molecule has 0 unspecified atom stereocenters. The quantitative estimate of drug-likeness (QED) is 0.319. The molecule has 4 aromatic rings. The highest BCUT2D eigenvalue weighted by molar-refractivity contribution is 6.09. The molecule has 0 aliphatic carbocycles. The van der Waals surface area contributed by atoms with Gasteiger partial charge in [0.1, 0.15) is 11.3 Å². The van der Waals surface area contributed by atoms with Gasteiger partial charge in [0.15, 0.2) is 0 Å². The van der Waals surface area contributed by atoms with Gasteiger partial charge in [-0.25, -0.2) is 0 Å². The van der Waals surface area contributed by atoms with Gasteiger partial charge in [0.05, 0.1) is 22.1 Å². The second-order valence-corrected chi connectivity index (χ2v) is 9.48. The predicted octanol–water partition coefficient (Wildman–Crippen LogP) is 4.82. The van der Waals surface area contributed by atoms with Crippen LogP contribution >= 0.6 is 0 Å². The van der Waals surface area contributed by atoms with Crippen LogP contribution in [-0.4, -0.2) is 56.0 Å². The van der Waals surface area contributed by atoms with Crippen LogP contribution in [0.25, 0.3) is 21.9 Å². The summed E-state index contributed by atoms with van der Waals surface area (Å²) >= 11 is 0. The van der Waals surface area contributed by atoms with Gasteiger partial charge in [0, 0.05) is 48.5 Å². The minimum absolute atomic E-state index is 0.445. The van der Waals surface area contributed by atoms with Gasteiger partial charge in [-0.2, -0.15) is 0 Å². The number of fused-ring (bicyclic) bond motifs is 3. The van der Waals surface area contributed by atoms with Crippen LogP contribution in [0.4, 0.5) is 11.4 Å². The molecule has 34 heavy (non-hydrogen) atoms. The summed E-state index contributed by atoms with van der Waals surface area (Å²) in [4.78, 5) is 18.5. The molecule has 174 valence electrons. The minimum atomic E-state index is 0.445. The molecule has 2 fully saturated rings. The number of phenolic OH excluding ortho intramolecular Hbond substituents is 1. The van der Waals surface area contributed by atoms with Gasteiger partial charge in [-0.1, -0.05) is 0 Å². The third-order valence-corrected chi connectivity index (χ3v) is 7.07. The number of aromatic nitrogens is 3. The van der Waals surface area contributed by atoms with Crippen LogP contribution in [0.5, 0.6) is 5.75 Å². The summed E-state index contributed by atoms with van der Waals surface area (Å²) in [5.41, 5.74) is 6.47. The normalized spacial score (nSPS) is 17.2. The molecule has 2 aliphatic heterocycles. The summed E-state index contributed by atoms with van der Waals surface area (Å²) < 4.78 is 0. The van der Waals surface area contributed by atoms with E-state index < -0.39 is 0 Å². The van der Waals surface area contributed by atoms with Gasteiger partial charge < -0.3 is 10.4 Å². The van der Waals surface area contributed by atoms with E-state index in [9.17, 15) is 5.11 Å². The zero-order valence-corrected chi connectivity index (χ0v) is 19.4. The van der Waals surface area contributed by atoms with E-state index >= 15 is 0 Å². The maximum Gasteiger partial charge on any atom is 0.124 e. The number of anilines is 2. The van der Waals surface area contributed by atoms with E-state index in [1.54, 1.807) is 12.4 Å². The Bertz CT molecular complexity index is 1290. The van der Waals surface area contributed by atoms with E-state index in [2.05, 4.69) is 42.2 Å². The summed E-state index contributed by atoms with van der Waals surface area (Å²) in [6.07, 6.45) is 10.2. The lowest BCUT2D eigenvalue weighted by atomic mass is 10.0. The third-order valence-electron chi connectivity index (χ3n) is 7.07. The number of likely N-dealkylation sites (tertiary alicyclic amines) is 2. The number of rotatable bonds is 6. The Morgan fingerprint density at radius 2 is 1.32 bits per heavy atom. The first-order valence-corrected chi connectivity index (χ1v) is 12.3. The van der Waals surface area contributed by atoms with Crippen LogP contribution in [-0.2, 0) is 13.1 Å². The Balaban J connectivity index is 1.41. The first-order valence-electron chi connectivity index (χ1n) is 12.3. The minimum Gasteiger partial charge on any atom is -0.507 e. The maximum absolute atomic E-state index is 11.2. The maximum atomic E-state index is 11.2. The molecule has 7 heteroatoms. The molecule has 2 aliphatic rings. The lowest BCUT2D eigenvalue weighted by molar-refractivity contribution is 0.312. The average molecular weight is 455 g/mol. The van der Waals surface area contributed by atoms with Crippen molar-refractivity contribution in [2.75, 3.05) is 31.5 Å². The van der Waals surface area contributed by atoms with Crippen molar-refractivity contribution < 1.29 is 5.11 Å². The number of hydrogen-bond donors (Lipinski definition) is 2. The fourth-order valence-corrected chi connectivity index (χ4v) is 5.37. The molecular formula is C27H30N6O. The van der Waals surface area contributed by atoms with Gasteiger partial charge in [-0.3, -0.25) is 24.8 Å². The average Bonchev–Trinajstić information content (AvgIpc) is 3.56. The second kappa shape index (κ2) is 9.16. The lowest BCUT2D eigenvalue weighted by Crippen LogP contribution is -2.20. The first kappa shape index (κ1) is 21.3. The Kier molecular flexibility index (Phi) is 5.73. The topological polar surface area (TPSA) is 77.4 Å². The van der Waals surface area contributed by atoms with Crippen LogP contribution in [0.15, 0.2) is 48.9 Å². The first-order chi connectivity index (χ1) is 16.7. The number of phenols is 1. The molecule has 0 amide bonds. The number of hydrogen-bond acceptors (Lipinski definition) is 7. The summed E-state index contributed by atoms with van der Waals surface area (Å²) in [7, 11) is 0. The molecule has 2 aromatic heterocycles. The van der Waals surface area contributed by atoms with E-state index in [0.29, 0.717) is 5.75 Å². The fraction of sp³-hybridized carbons (Fsp3) is 0.370. The highest BCUT2D eigenvalue weighted by Gasteiger charge is 2.20. The molecule has 0 saturated carbocycles. The van der Waals surface area contributed by atoms with Crippen LogP contribution in [0.3, 0.4) is 0 Å². The monoisotopic (exact) mass is 454 g/mol. The molecule has 4 heterocycles. The molecule has 0 spiro atoms. The summed E-state index contributed by atoms with van der Waals surface area (Å²) in [5, 5.41) is 15.8. The smallest absolute Gasteiger partial charge is 0.124 e. The molecule has 0 atom stereocenters. The Morgan fingerprint density at radius 3 is 2.00 bits per heavy atom. The Hall–Kier alpha value is -3.29. The zero-order valence-electron chi connectivity index (χ0n) is 19.4. The van der Waals surface area contributed by atoms with Crippen molar-refractivity contribution in [3.05, 3.63) is 60.0 Å². The molecule has 6 rings (SSSR count). The molecule has 7 nitrogen and oxygen atoms in total. The Morgan fingerprint density at radius 1 is 0.735 bits per heavy atom. The number of nitrogens with zero attached hydrogens (tertiary/aromatic N) is 5. The van der Waals surface area contributed by atoms with E-state index in [1.807, 2.05) is 24.4 Å². The summed E-state index contributed by atoms with van der Waals surface area (Å²) in [6, 6.07) is 10.1. The van der Waals surface area contributed by atoms with Crippen LogP contribution in [0.2, 0.25) is 0 Å². The molecule has 0 bridgehead atoms. The van der Waals surface area contributed by atoms with Gasteiger partial charge in [-0.05, 0) is 82.2 Å². The highest BCUT2D eigenvalue weighted by Crippen LogP contribution is 2.35. The van der Waals surface area contributed by atoms with Crippen molar-refractivity contribution in [1.29, 1.82) is 0 Å². The zero-order chi connectivity index (χ0) is 22.9. The van der Waals surface area contributed by atoms with Crippen molar-refractivity contribution in [3.8, 4) is 5.75 Å². The van der Waals surface area contributed by atoms with E-state index in [4.69, 9.17) is 0 Å². The fourth-order valence-electron chi connectivity index (χ4n) is 5.37. The van der Waals surface area contributed by atoms with E-state index in [1.165, 1.54) is 25.7 Å². The molecule has 2 N–H and O–H groups in total. The van der Waals surface area contributed by atoms with Gasteiger partial charge in [0.2, 0.25) is 0 Å². The van der Waals surface area contributed by atoms with Crippen LogP contribution < -0.4 is 5.32 Å². The SMILES string of the molecule is Oc1c(CN2CCCC2)cc(Nc2ccnc3ccc4nccnc4c23)cc1CN1CCCC1. The molecule has 0 radical (unpaired) electrons.